The molecule has 1 aliphatic rings. The Labute approximate surface area is 95.3 Å². The molecule has 0 atom stereocenters. The number of alkyl halides is 1. The molecule has 0 unspecified atom stereocenters. The molecule has 3 nitrogen and oxygen atoms in total. The molecular weight excluding hydrogens is 215 g/mol. The Bertz CT molecular complexity index is 227. The molecule has 1 rings (SSSR count). The third kappa shape index (κ3) is 5.30. The number of hydrogen-bond donors (Lipinski definition) is 1. The molecule has 0 saturated carbocycles. The van der Waals surface area contributed by atoms with Gasteiger partial charge in [-0.3, -0.25) is 14.6 Å². The van der Waals surface area contributed by atoms with E-state index in [-0.39, 0.29) is 11.8 Å². The lowest BCUT2D eigenvalue weighted by Gasteiger charge is -2.33. The molecule has 0 aromatic rings. The molecule has 0 N–H and O–H groups in total. The van der Waals surface area contributed by atoms with Crippen LogP contribution in [0.2, 0.25) is 0 Å². The smallest absolute Gasteiger partial charge is 0.208 e. The van der Waals surface area contributed by atoms with Gasteiger partial charge in [0.2, 0.25) is 5.12 Å². The van der Waals surface area contributed by atoms with Crippen LogP contribution in [0.5, 0.6) is 0 Å². The number of carbonyl (C=O) groups excluding carboxylic acids is 1. The third-order valence-corrected chi connectivity index (χ3v) is 2.64. The zero-order valence-corrected chi connectivity index (χ0v) is 9.63. The van der Waals surface area contributed by atoms with Gasteiger partial charge in [0.05, 0.1) is 0 Å². The van der Waals surface area contributed by atoms with Crippen molar-refractivity contribution in [1.82, 2.24) is 9.80 Å². The maximum atomic E-state index is 12.1. The van der Waals surface area contributed by atoms with Gasteiger partial charge in [-0.15, -0.1) is 12.6 Å². The summed E-state index contributed by atoms with van der Waals surface area (Å²) >= 11 is 3.64. The molecule has 1 fully saturated rings. The van der Waals surface area contributed by atoms with E-state index in [1.165, 1.54) is 6.08 Å². The number of piperazine rings is 1. The predicted octanol–water partition coefficient (Wildman–Crippen LogP) is 0.586. The third-order valence-electron chi connectivity index (χ3n) is 2.49. The van der Waals surface area contributed by atoms with Gasteiger partial charge in [0, 0.05) is 39.3 Å². The van der Waals surface area contributed by atoms with Crippen LogP contribution in [0.15, 0.2) is 12.2 Å². The van der Waals surface area contributed by atoms with Crippen molar-refractivity contribution in [2.24, 2.45) is 0 Å². The van der Waals surface area contributed by atoms with Crippen LogP contribution in [0.25, 0.3) is 0 Å². The lowest BCUT2D eigenvalue weighted by atomic mass is 10.3. The minimum absolute atomic E-state index is 0.217. The number of rotatable bonds is 5. The van der Waals surface area contributed by atoms with Gasteiger partial charge in [-0.2, -0.15) is 0 Å². The first-order valence-electron chi connectivity index (χ1n) is 5.12. The van der Waals surface area contributed by atoms with Crippen LogP contribution < -0.4 is 0 Å². The summed E-state index contributed by atoms with van der Waals surface area (Å²) in [6.07, 6.45) is 3.29. The van der Waals surface area contributed by atoms with E-state index in [2.05, 4.69) is 22.4 Å². The van der Waals surface area contributed by atoms with E-state index < -0.39 is 0 Å². The van der Waals surface area contributed by atoms with Crippen molar-refractivity contribution < 1.29 is 9.18 Å². The van der Waals surface area contributed by atoms with Crippen molar-refractivity contribution in [3.8, 4) is 0 Å². The fourth-order valence-corrected chi connectivity index (χ4v) is 1.72. The Hall–Kier alpha value is -0.390. The number of halogens is 1. The standard InChI is InChI=1S/C10H17FN2OS/c11-3-5-13-8-6-12(7-9-13)4-1-2-10(14)15/h1-2H,3-9H2,(H,14,15)/b2-1+. The molecule has 0 radical (unpaired) electrons. The zero-order chi connectivity index (χ0) is 11.1. The highest BCUT2D eigenvalue weighted by Crippen LogP contribution is 2.01. The molecule has 0 aromatic carbocycles. The van der Waals surface area contributed by atoms with E-state index in [1.807, 2.05) is 6.08 Å². The normalized spacial score (nSPS) is 19.9. The molecule has 0 amide bonds. The highest BCUT2D eigenvalue weighted by molar-refractivity contribution is 7.97. The van der Waals surface area contributed by atoms with Crippen LogP contribution >= 0.6 is 12.6 Å². The summed E-state index contributed by atoms with van der Waals surface area (Å²) < 4.78 is 12.1. The number of hydrogen-bond acceptors (Lipinski definition) is 3. The van der Waals surface area contributed by atoms with Gasteiger partial charge in [-0.05, 0) is 6.08 Å². The molecule has 0 aliphatic carbocycles. The Balaban J connectivity index is 2.17. The molecule has 5 heteroatoms. The van der Waals surface area contributed by atoms with Gasteiger partial charge in [0.1, 0.15) is 6.67 Å². The quantitative estimate of drug-likeness (QED) is 0.554. The number of carbonyl (C=O) groups is 1. The Morgan fingerprint density at radius 2 is 1.87 bits per heavy atom. The molecule has 0 bridgehead atoms. The first-order valence-corrected chi connectivity index (χ1v) is 5.57. The van der Waals surface area contributed by atoms with E-state index in [0.29, 0.717) is 6.54 Å². The summed E-state index contributed by atoms with van der Waals surface area (Å²) in [5, 5.41) is -0.217. The van der Waals surface area contributed by atoms with E-state index >= 15 is 0 Å². The summed E-state index contributed by atoms with van der Waals surface area (Å²) in [5.41, 5.74) is 0. The van der Waals surface area contributed by atoms with Crippen molar-refractivity contribution in [2.75, 3.05) is 45.9 Å². The van der Waals surface area contributed by atoms with Gasteiger partial charge in [-0.25, -0.2) is 4.39 Å². The van der Waals surface area contributed by atoms with Crippen LogP contribution in [0.4, 0.5) is 4.39 Å². The van der Waals surface area contributed by atoms with E-state index in [9.17, 15) is 9.18 Å². The van der Waals surface area contributed by atoms with Crippen LogP contribution in [0.3, 0.4) is 0 Å². The monoisotopic (exact) mass is 232 g/mol. The lowest BCUT2D eigenvalue weighted by Crippen LogP contribution is -2.46. The fraction of sp³-hybridized carbons (Fsp3) is 0.700. The van der Waals surface area contributed by atoms with Crippen LogP contribution in [0, 0.1) is 0 Å². The zero-order valence-electron chi connectivity index (χ0n) is 8.73. The molecule has 1 saturated heterocycles. The number of thiol groups is 1. The molecule has 15 heavy (non-hydrogen) atoms. The van der Waals surface area contributed by atoms with Gasteiger partial charge >= 0.3 is 0 Å². The van der Waals surface area contributed by atoms with Crippen molar-refractivity contribution >= 4 is 17.7 Å². The minimum atomic E-state index is -0.270. The predicted molar refractivity (Wildman–Crippen MR) is 62.0 cm³/mol. The first-order chi connectivity index (χ1) is 7.22. The molecule has 1 heterocycles. The van der Waals surface area contributed by atoms with E-state index in [0.717, 1.165) is 32.7 Å². The van der Waals surface area contributed by atoms with Crippen molar-refractivity contribution in [3.05, 3.63) is 12.2 Å². The Kier molecular flexibility index (Phi) is 5.90. The van der Waals surface area contributed by atoms with Crippen LogP contribution in [-0.4, -0.2) is 60.9 Å². The second kappa shape index (κ2) is 6.98. The molecule has 1 aliphatic heterocycles. The van der Waals surface area contributed by atoms with Gasteiger partial charge in [-0.1, -0.05) is 6.08 Å². The average Bonchev–Trinajstić information content (AvgIpc) is 2.20. The topological polar surface area (TPSA) is 23.6 Å². The Morgan fingerprint density at radius 1 is 1.27 bits per heavy atom. The van der Waals surface area contributed by atoms with Gasteiger partial charge in [0.25, 0.3) is 0 Å². The fourth-order valence-electron chi connectivity index (χ4n) is 1.62. The highest BCUT2D eigenvalue weighted by atomic mass is 32.1. The largest absolute Gasteiger partial charge is 0.298 e. The second-order valence-corrected chi connectivity index (χ2v) is 4.01. The van der Waals surface area contributed by atoms with E-state index in [1.54, 1.807) is 0 Å². The van der Waals surface area contributed by atoms with Crippen molar-refractivity contribution in [2.45, 2.75) is 0 Å². The van der Waals surface area contributed by atoms with Crippen LogP contribution in [-0.2, 0) is 4.79 Å². The first kappa shape index (κ1) is 12.7. The van der Waals surface area contributed by atoms with Gasteiger partial charge < -0.3 is 0 Å². The molecule has 0 spiro atoms. The highest BCUT2D eigenvalue weighted by Gasteiger charge is 2.14. The maximum absolute atomic E-state index is 12.1. The summed E-state index contributed by atoms with van der Waals surface area (Å²) in [4.78, 5) is 14.9. The van der Waals surface area contributed by atoms with E-state index in [4.69, 9.17) is 0 Å². The summed E-state index contributed by atoms with van der Waals surface area (Å²) in [6, 6.07) is 0. The summed E-state index contributed by atoms with van der Waals surface area (Å²) in [7, 11) is 0. The van der Waals surface area contributed by atoms with Gasteiger partial charge in [0.15, 0.2) is 0 Å². The minimum Gasteiger partial charge on any atom is -0.298 e. The second-order valence-electron chi connectivity index (χ2n) is 3.57. The maximum Gasteiger partial charge on any atom is 0.208 e. The average molecular weight is 232 g/mol. The molecule has 86 valence electrons. The number of nitrogens with zero attached hydrogens (tertiary/aromatic N) is 2. The molecular formula is C10H17FN2OS. The lowest BCUT2D eigenvalue weighted by molar-refractivity contribution is -0.106. The summed E-state index contributed by atoms with van der Waals surface area (Å²) in [6.45, 7) is 4.73. The Morgan fingerprint density at radius 3 is 2.40 bits per heavy atom. The molecule has 0 aromatic heterocycles. The van der Waals surface area contributed by atoms with Crippen LogP contribution in [0.1, 0.15) is 0 Å². The summed E-state index contributed by atoms with van der Waals surface area (Å²) in [5.74, 6) is 0. The van der Waals surface area contributed by atoms with Crippen molar-refractivity contribution in [3.63, 3.8) is 0 Å². The SMILES string of the molecule is O=C(S)/C=C/CN1CCN(CCF)CC1. The van der Waals surface area contributed by atoms with Crippen molar-refractivity contribution in [1.29, 1.82) is 0 Å².